The third-order valence-corrected chi connectivity index (χ3v) is 5.98. The smallest absolute Gasteiger partial charge is 0.275 e. The number of aromatic nitrogens is 1. The van der Waals surface area contributed by atoms with E-state index in [0.717, 1.165) is 12.8 Å². The topological polar surface area (TPSA) is 123 Å². The number of methoxy groups -OCH3 is 1. The van der Waals surface area contributed by atoms with Crippen molar-refractivity contribution < 1.29 is 17.9 Å². The van der Waals surface area contributed by atoms with Crippen LogP contribution in [0.3, 0.4) is 0 Å². The number of hydrogen-bond acceptors (Lipinski definition) is 7. The zero-order valence-corrected chi connectivity index (χ0v) is 15.1. The molecule has 0 bridgehead atoms. The molecule has 1 amide bonds. The first kappa shape index (κ1) is 17.8. The van der Waals surface area contributed by atoms with Crippen molar-refractivity contribution in [1.82, 2.24) is 9.71 Å². The normalized spacial score (nSPS) is 14.3. The lowest BCUT2D eigenvalue weighted by molar-refractivity contribution is 0.102. The van der Waals surface area contributed by atoms with Crippen LogP contribution < -0.4 is 20.5 Å². The summed E-state index contributed by atoms with van der Waals surface area (Å²) in [5.74, 6) is -0.218. The van der Waals surface area contributed by atoms with E-state index in [1.165, 1.54) is 30.6 Å². The van der Waals surface area contributed by atoms with Crippen molar-refractivity contribution in [3.63, 3.8) is 0 Å². The first-order chi connectivity index (χ1) is 11.9. The average molecular weight is 382 g/mol. The van der Waals surface area contributed by atoms with Crippen molar-refractivity contribution in [1.29, 1.82) is 0 Å². The van der Waals surface area contributed by atoms with Crippen LogP contribution in [0, 0.1) is 0 Å². The molecule has 0 aliphatic heterocycles. The Morgan fingerprint density at radius 2 is 2.20 bits per heavy atom. The van der Waals surface area contributed by atoms with E-state index >= 15 is 0 Å². The van der Waals surface area contributed by atoms with Gasteiger partial charge in [-0.1, -0.05) is 0 Å². The molecule has 1 heterocycles. The van der Waals surface area contributed by atoms with Gasteiger partial charge in [0.2, 0.25) is 10.0 Å². The van der Waals surface area contributed by atoms with Gasteiger partial charge in [0.25, 0.3) is 5.91 Å². The zero-order valence-electron chi connectivity index (χ0n) is 13.5. The summed E-state index contributed by atoms with van der Waals surface area (Å²) < 4.78 is 32.7. The van der Waals surface area contributed by atoms with Crippen LogP contribution in [0.2, 0.25) is 0 Å². The Labute approximate surface area is 149 Å². The molecular formula is C15H18N4O4S2. The summed E-state index contributed by atoms with van der Waals surface area (Å²) in [5.41, 5.74) is 6.06. The number of carbonyl (C=O) groups excluding carboxylic acids is 1. The van der Waals surface area contributed by atoms with E-state index in [9.17, 15) is 13.2 Å². The summed E-state index contributed by atoms with van der Waals surface area (Å²) in [5, 5.41) is 4.90. The Kier molecular flexibility index (Phi) is 5.04. The molecule has 25 heavy (non-hydrogen) atoms. The highest BCUT2D eigenvalue weighted by molar-refractivity contribution is 7.89. The zero-order chi connectivity index (χ0) is 18.0. The minimum atomic E-state index is -3.72. The lowest BCUT2D eigenvalue weighted by Crippen LogP contribution is -2.26. The molecule has 1 aliphatic carbocycles. The standard InChI is InChI=1S/C15H18N4O4S2/c1-23-12-5-4-10(6-13(12)25(21,22)19-9-2-3-9)17-15(20)11-8-24-14(7-16)18-11/h4-6,8-9,19H,2-3,7,16H2,1H3,(H,17,20). The molecule has 1 fully saturated rings. The molecule has 0 saturated heterocycles. The number of benzene rings is 1. The lowest BCUT2D eigenvalue weighted by atomic mass is 10.3. The SMILES string of the molecule is COc1ccc(NC(=O)c2csc(CN)n2)cc1S(=O)(=O)NC1CC1. The number of ether oxygens (including phenoxy) is 1. The van der Waals surface area contributed by atoms with Gasteiger partial charge in [0.1, 0.15) is 21.3 Å². The van der Waals surface area contributed by atoms with E-state index < -0.39 is 15.9 Å². The Bertz CT molecular complexity index is 891. The fourth-order valence-corrected chi connectivity index (χ4v) is 4.31. The van der Waals surface area contributed by atoms with E-state index in [2.05, 4.69) is 15.0 Å². The average Bonchev–Trinajstić information content (AvgIpc) is 3.26. The van der Waals surface area contributed by atoms with Crippen molar-refractivity contribution in [2.24, 2.45) is 5.73 Å². The Hall–Kier alpha value is -2.01. The largest absolute Gasteiger partial charge is 0.495 e. The lowest BCUT2D eigenvalue weighted by Gasteiger charge is -2.12. The molecule has 0 spiro atoms. The maximum absolute atomic E-state index is 12.5. The van der Waals surface area contributed by atoms with Crippen molar-refractivity contribution in [2.45, 2.75) is 30.3 Å². The molecule has 134 valence electrons. The summed E-state index contributed by atoms with van der Waals surface area (Å²) in [6.07, 6.45) is 1.65. The van der Waals surface area contributed by atoms with Crippen molar-refractivity contribution >= 4 is 33.0 Å². The Morgan fingerprint density at radius 3 is 2.80 bits per heavy atom. The van der Waals surface area contributed by atoms with Gasteiger partial charge in [0, 0.05) is 23.7 Å². The summed E-state index contributed by atoms with van der Waals surface area (Å²) in [6, 6.07) is 4.42. The van der Waals surface area contributed by atoms with Gasteiger partial charge in [-0.25, -0.2) is 18.1 Å². The third kappa shape index (κ3) is 4.15. The van der Waals surface area contributed by atoms with E-state index in [-0.39, 0.29) is 28.9 Å². The Balaban J connectivity index is 1.84. The summed E-state index contributed by atoms with van der Waals surface area (Å²) >= 11 is 1.29. The first-order valence-electron chi connectivity index (χ1n) is 7.59. The van der Waals surface area contributed by atoms with Gasteiger partial charge in [-0.15, -0.1) is 11.3 Å². The molecule has 8 nitrogen and oxygen atoms in total. The maximum Gasteiger partial charge on any atom is 0.275 e. The number of carbonyl (C=O) groups is 1. The third-order valence-electron chi connectivity index (χ3n) is 3.57. The number of nitrogens with one attached hydrogen (secondary N) is 2. The number of nitrogens with zero attached hydrogens (tertiary/aromatic N) is 1. The molecular weight excluding hydrogens is 364 g/mol. The van der Waals surface area contributed by atoms with E-state index in [1.54, 1.807) is 11.4 Å². The molecule has 1 saturated carbocycles. The van der Waals surface area contributed by atoms with E-state index in [0.29, 0.717) is 10.7 Å². The van der Waals surface area contributed by atoms with Crippen molar-refractivity contribution in [3.05, 3.63) is 34.3 Å². The van der Waals surface area contributed by atoms with Gasteiger partial charge in [-0.05, 0) is 31.0 Å². The predicted octanol–water partition coefficient (Wildman–Crippen LogP) is 1.30. The first-order valence-corrected chi connectivity index (χ1v) is 9.95. The molecule has 1 aliphatic rings. The molecule has 1 aromatic heterocycles. The van der Waals surface area contributed by atoms with Crippen LogP contribution in [-0.4, -0.2) is 32.5 Å². The van der Waals surface area contributed by atoms with Gasteiger partial charge in [0.05, 0.1) is 7.11 Å². The summed E-state index contributed by atoms with van der Waals surface area (Å²) in [4.78, 5) is 16.3. The minimum Gasteiger partial charge on any atom is -0.495 e. The molecule has 0 radical (unpaired) electrons. The van der Waals surface area contributed by atoms with Crippen LogP contribution in [0.5, 0.6) is 5.75 Å². The Morgan fingerprint density at radius 1 is 1.44 bits per heavy atom. The van der Waals surface area contributed by atoms with E-state index in [1.807, 2.05) is 0 Å². The number of thiazole rings is 1. The van der Waals surface area contributed by atoms with Gasteiger partial charge < -0.3 is 15.8 Å². The van der Waals surface area contributed by atoms with Crippen LogP contribution in [0.1, 0.15) is 28.3 Å². The highest BCUT2D eigenvalue weighted by atomic mass is 32.2. The second kappa shape index (κ2) is 7.08. The monoisotopic (exact) mass is 382 g/mol. The molecule has 4 N–H and O–H groups in total. The second-order valence-corrected chi connectivity index (χ2v) is 8.17. The number of rotatable bonds is 7. The molecule has 0 unspecified atom stereocenters. The van der Waals surface area contributed by atoms with Crippen LogP contribution in [0.4, 0.5) is 5.69 Å². The summed E-state index contributed by atoms with van der Waals surface area (Å²) in [7, 11) is -2.32. The minimum absolute atomic E-state index is 0.0133. The van der Waals surface area contributed by atoms with E-state index in [4.69, 9.17) is 10.5 Å². The van der Waals surface area contributed by atoms with Crippen LogP contribution in [0.25, 0.3) is 0 Å². The molecule has 0 atom stereocenters. The molecule has 3 rings (SSSR count). The summed E-state index contributed by atoms with van der Waals surface area (Å²) in [6.45, 7) is 0.260. The fourth-order valence-electron chi connectivity index (χ4n) is 2.15. The van der Waals surface area contributed by atoms with Gasteiger partial charge in [-0.2, -0.15) is 0 Å². The van der Waals surface area contributed by atoms with Gasteiger partial charge in [-0.3, -0.25) is 4.79 Å². The molecule has 10 heteroatoms. The fraction of sp³-hybridized carbons (Fsp3) is 0.333. The van der Waals surface area contributed by atoms with Crippen LogP contribution >= 0.6 is 11.3 Å². The van der Waals surface area contributed by atoms with Crippen molar-refractivity contribution in [3.8, 4) is 5.75 Å². The molecule has 2 aromatic rings. The highest BCUT2D eigenvalue weighted by Crippen LogP contribution is 2.30. The maximum atomic E-state index is 12.5. The number of anilines is 1. The molecule has 1 aromatic carbocycles. The number of sulfonamides is 1. The second-order valence-electron chi connectivity index (χ2n) is 5.55. The number of hydrogen-bond donors (Lipinski definition) is 3. The van der Waals surface area contributed by atoms with Crippen molar-refractivity contribution in [2.75, 3.05) is 12.4 Å². The van der Waals surface area contributed by atoms with Gasteiger partial charge in [0.15, 0.2) is 0 Å². The van der Waals surface area contributed by atoms with Crippen LogP contribution in [-0.2, 0) is 16.6 Å². The number of amides is 1. The van der Waals surface area contributed by atoms with Crippen LogP contribution in [0.15, 0.2) is 28.5 Å². The predicted molar refractivity (Wildman–Crippen MR) is 94.3 cm³/mol. The van der Waals surface area contributed by atoms with Gasteiger partial charge >= 0.3 is 0 Å². The quantitative estimate of drug-likeness (QED) is 0.663. The highest BCUT2D eigenvalue weighted by Gasteiger charge is 2.30. The number of nitrogens with two attached hydrogens (primary N) is 1.